The fourth-order valence-corrected chi connectivity index (χ4v) is 6.30. The lowest BCUT2D eigenvalue weighted by Crippen LogP contribution is -2.47. The molecule has 0 saturated carbocycles. The maximum absolute atomic E-state index is 14.0. The Bertz CT molecular complexity index is 1570. The smallest absolute Gasteiger partial charge is 0.266 e. The Hall–Kier alpha value is -3.44. The topological polar surface area (TPSA) is 115 Å². The number of nitrogens with one attached hydrogen (secondary N) is 1. The van der Waals surface area contributed by atoms with Crippen molar-refractivity contribution in [2.24, 2.45) is 5.73 Å². The van der Waals surface area contributed by atoms with E-state index in [-0.39, 0.29) is 48.1 Å². The molecule has 2 heterocycles. The lowest BCUT2D eigenvalue weighted by molar-refractivity contribution is -0.0249. The second-order valence-electron chi connectivity index (χ2n) is 8.55. The number of aromatic amines is 1. The first-order chi connectivity index (χ1) is 17.7. The van der Waals surface area contributed by atoms with Crippen LogP contribution in [0, 0.1) is 5.82 Å². The van der Waals surface area contributed by atoms with Gasteiger partial charge in [0.05, 0.1) is 6.61 Å². The molecule has 4 aromatic rings. The summed E-state index contributed by atoms with van der Waals surface area (Å²) in [6, 6.07) is 18.1. The summed E-state index contributed by atoms with van der Waals surface area (Å²) in [5.41, 5.74) is 6.91. The number of nitrogens with zero attached hydrogens (tertiary/aromatic N) is 1. The quantitative estimate of drug-likeness (QED) is 0.363. The Morgan fingerprint density at radius 2 is 1.92 bits per heavy atom. The van der Waals surface area contributed by atoms with Gasteiger partial charge in [-0.2, -0.15) is 4.31 Å². The van der Waals surface area contributed by atoms with Crippen LogP contribution in [0.25, 0.3) is 22.0 Å². The zero-order chi connectivity index (χ0) is 26.2. The second kappa shape index (κ2) is 10.1. The number of amides is 1. The maximum atomic E-state index is 14.0. The molecule has 3 N–H and O–H groups in total. The van der Waals surface area contributed by atoms with Crippen molar-refractivity contribution in [3.8, 4) is 16.9 Å². The summed E-state index contributed by atoms with van der Waals surface area (Å²) in [6.45, 7) is 0.352. The molecule has 37 heavy (non-hydrogen) atoms. The van der Waals surface area contributed by atoms with Gasteiger partial charge in [0.25, 0.3) is 5.91 Å². The number of aromatic nitrogens is 1. The molecule has 1 amide bonds. The van der Waals surface area contributed by atoms with Gasteiger partial charge >= 0.3 is 0 Å². The lowest BCUT2D eigenvalue weighted by Gasteiger charge is -2.32. The van der Waals surface area contributed by atoms with E-state index in [1.807, 2.05) is 0 Å². The van der Waals surface area contributed by atoms with Crippen molar-refractivity contribution in [3.63, 3.8) is 0 Å². The van der Waals surface area contributed by atoms with Crippen LogP contribution in [-0.4, -0.2) is 56.0 Å². The third-order valence-corrected chi connectivity index (χ3v) is 8.32. The average molecular weight is 544 g/mol. The van der Waals surface area contributed by atoms with Crippen molar-refractivity contribution < 1.29 is 27.1 Å². The number of sulfonamides is 1. The average Bonchev–Trinajstić information content (AvgIpc) is 3.28. The first kappa shape index (κ1) is 25.2. The monoisotopic (exact) mass is 543 g/mol. The van der Waals surface area contributed by atoms with Crippen molar-refractivity contribution in [1.82, 2.24) is 9.29 Å². The van der Waals surface area contributed by atoms with E-state index < -0.39 is 22.0 Å². The van der Waals surface area contributed by atoms with E-state index >= 15 is 0 Å². The first-order valence-corrected chi connectivity index (χ1v) is 13.3. The van der Waals surface area contributed by atoms with E-state index in [0.29, 0.717) is 27.4 Å². The van der Waals surface area contributed by atoms with Gasteiger partial charge in [0, 0.05) is 34.6 Å². The van der Waals surface area contributed by atoms with E-state index in [1.165, 1.54) is 16.4 Å². The molecular formula is C26H23ClFN3O5S. The fourth-order valence-electron chi connectivity index (χ4n) is 4.34. The summed E-state index contributed by atoms with van der Waals surface area (Å²) in [5, 5.41) is 0.615. The van der Waals surface area contributed by atoms with Gasteiger partial charge in [-0.05, 0) is 42.0 Å². The molecule has 192 valence electrons. The van der Waals surface area contributed by atoms with E-state index in [1.54, 1.807) is 54.6 Å². The predicted molar refractivity (Wildman–Crippen MR) is 138 cm³/mol. The van der Waals surface area contributed by atoms with Crippen LogP contribution in [-0.2, 0) is 14.8 Å². The third kappa shape index (κ3) is 5.05. The summed E-state index contributed by atoms with van der Waals surface area (Å²) in [4.78, 5) is 14.7. The number of carbonyl (C=O) groups excluding carboxylic acids is 1. The largest absolute Gasteiger partial charge is 0.491 e. The Morgan fingerprint density at radius 3 is 2.65 bits per heavy atom. The second-order valence-corrected chi connectivity index (χ2v) is 10.9. The highest BCUT2D eigenvalue weighted by Gasteiger charge is 2.36. The van der Waals surface area contributed by atoms with Crippen LogP contribution in [0.2, 0.25) is 5.02 Å². The van der Waals surface area contributed by atoms with Gasteiger partial charge in [-0.1, -0.05) is 41.9 Å². The van der Waals surface area contributed by atoms with Gasteiger partial charge in [-0.3, -0.25) is 4.79 Å². The minimum atomic E-state index is -4.12. The zero-order valence-corrected chi connectivity index (χ0v) is 21.1. The number of nitrogens with two attached hydrogens (primary N) is 1. The molecular weight excluding hydrogens is 521 g/mol. The molecule has 11 heteroatoms. The molecule has 1 aromatic heterocycles. The Labute approximate surface area is 217 Å². The van der Waals surface area contributed by atoms with E-state index in [4.69, 9.17) is 26.8 Å². The van der Waals surface area contributed by atoms with E-state index in [2.05, 4.69) is 4.98 Å². The number of morpholine rings is 1. The molecule has 3 aromatic carbocycles. The number of fused-ring (bicyclic) bond motifs is 1. The van der Waals surface area contributed by atoms with Crippen molar-refractivity contribution in [2.75, 3.05) is 26.3 Å². The van der Waals surface area contributed by atoms with E-state index in [0.717, 1.165) is 0 Å². The standard InChI is InChI=1S/C26H23ClFN3O5S/c27-17-7-10-23-21(13-17)25(24(30-23)26(29)32)37(33,34)31-11-12-35-19(14-31)15-36-18-8-5-16(6-9-18)20-3-1-2-4-22(20)28/h1-10,13,19,30H,11-12,14-15H2,(H2,29,32)/t19-/m0/s1. The van der Waals surface area contributed by atoms with Gasteiger partial charge in [0.15, 0.2) is 0 Å². The molecule has 0 unspecified atom stereocenters. The number of halogens is 2. The number of hydrogen-bond acceptors (Lipinski definition) is 5. The van der Waals surface area contributed by atoms with Crippen LogP contribution in [0.3, 0.4) is 0 Å². The molecule has 0 radical (unpaired) electrons. The van der Waals surface area contributed by atoms with Crippen molar-refractivity contribution in [1.29, 1.82) is 0 Å². The van der Waals surface area contributed by atoms with Crippen LogP contribution in [0.1, 0.15) is 10.5 Å². The summed E-state index contributed by atoms with van der Waals surface area (Å²) in [6.07, 6.45) is -0.555. The van der Waals surface area contributed by atoms with Crippen LogP contribution in [0.4, 0.5) is 4.39 Å². The van der Waals surface area contributed by atoms with Gasteiger partial charge in [0.2, 0.25) is 10.0 Å². The number of primary amides is 1. The number of benzene rings is 3. The zero-order valence-electron chi connectivity index (χ0n) is 19.5. The molecule has 1 aliphatic heterocycles. The van der Waals surface area contributed by atoms with Gasteiger partial charge in [0.1, 0.15) is 34.9 Å². The highest BCUT2D eigenvalue weighted by Crippen LogP contribution is 2.32. The summed E-state index contributed by atoms with van der Waals surface area (Å²) < 4.78 is 54.1. The molecule has 1 saturated heterocycles. The number of H-pyrrole nitrogens is 1. The van der Waals surface area contributed by atoms with Crippen LogP contribution in [0.15, 0.2) is 71.6 Å². The van der Waals surface area contributed by atoms with Gasteiger partial charge in [-0.15, -0.1) is 0 Å². The maximum Gasteiger partial charge on any atom is 0.266 e. The highest BCUT2D eigenvalue weighted by atomic mass is 35.5. The van der Waals surface area contributed by atoms with Gasteiger partial charge in [-0.25, -0.2) is 12.8 Å². The molecule has 5 rings (SSSR count). The van der Waals surface area contributed by atoms with Crippen molar-refractivity contribution in [2.45, 2.75) is 11.0 Å². The summed E-state index contributed by atoms with van der Waals surface area (Å²) >= 11 is 6.10. The fraction of sp³-hybridized carbons (Fsp3) is 0.192. The molecule has 1 aliphatic rings. The first-order valence-electron chi connectivity index (χ1n) is 11.4. The third-order valence-electron chi connectivity index (χ3n) is 6.13. The Balaban J connectivity index is 1.32. The molecule has 0 bridgehead atoms. The highest BCUT2D eigenvalue weighted by molar-refractivity contribution is 7.89. The SMILES string of the molecule is NC(=O)c1[nH]c2ccc(Cl)cc2c1S(=O)(=O)N1CCO[C@H](COc2ccc(-c3ccccc3F)cc2)C1. The van der Waals surface area contributed by atoms with Gasteiger partial charge < -0.3 is 20.2 Å². The molecule has 0 aliphatic carbocycles. The van der Waals surface area contributed by atoms with E-state index in [9.17, 15) is 17.6 Å². The number of ether oxygens (including phenoxy) is 2. The van der Waals surface area contributed by atoms with Crippen LogP contribution < -0.4 is 10.5 Å². The molecule has 8 nitrogen and oxygen atoms in total. The minimum Gasteiger partial charge on any atom is -0.491 e. The lowest BCUT2D eigenvalue weighted by atomic mass is 10.1. The van der Waals surface area contributed by atoms with Crippen molar-refractivity contribution >= 4 is 38.4 Å². The number of rotatable bonds is 7. The minimum absolute atomic E-state index is 0.0150. The molecule has 1 fully saturated rings. The summed E-state index contributed by atoms with van der Waals surface area (Å²) in [7, 11) is -4.12. The van der Waals surface area contributed by atoms with Crippen LogP contribution in [0.5, 0.6) is 5.75 Å². The number of carbonyl (C=O) groups is 1. The Kier molecular flexibility index (Phi) is 6.91. The molecule has 0 spiro atoms. The van der Waals surface area contributed by atoms with Crippen molar-refractivity contribution in [3.05, 3.63) is 83.3 Å². The summed E-state index contributed by atoms with van der Waals surface area (Å²) in [5.74, 6) is -0.672. The molecule has 1 atom stereocenters. The number of hydrogen-bond donors (Lipinski definition) is 2. The Morgan fingerprint density at radius 1 is 1.16 bits per heavy atom. The van der Waals surface area contributed by atoms with Crippen LogP contribution >= 0.6 is 11.6 Å². The normalized spacial score (nSPS) is 16.6. The predicted octanol–water partition coefficient (Wildman–Crippen LogP) is 4.19.